The molecule has 166 valence electrons. The lowest BCUT2D eigenvalue weighted by atomic mass is 10.1. The van der Waals surface area contributed by atoms with Crippen LogP contribution in [0.4, 0.5) is 0 Å². The van der Waals surface area contributed by atoms with E-state index in [4.69, 9.17) is 9.97 Å². The Morgan fingerprint density at radius 2 is 1.19 bits per heavy atom. The minimum absolute atomic E-state index is 0.914. The van der Waals surface area contributed by atoms with Crippen LogP contribution in [0, 0.1) is 0 Å². The van der Waals surface area contributed by atoms with Crippen molar-refractivity contribution in [2.24, 2.45) is 0 Å². The van der Waals surface area contributed by atoms with Crippen LogP contribution in [-0.4, -0.2) is 18.9 Å². The highest BCUT2D eigenvalue weighted by molar-refractivity contribution is 6.30. The lowest BCUT2D eigenvalue weighted by Crippen LogP contribution is -1.94. The highest BCUT2D eigenvalue weighted by Gasteiger charge is 2.23. The summed E-state index contributed by atoms with van der Waals surface area (Å²) in [4.78, 5) is 10.2. The number of nitrogens with zero attached hydrogens (tertiary/aromatic N) is 4. The van der Waals surface area contributed by atoms with Crippen LogP contribution in [0.25, 0.3) is 76.9 Å². The van der Waals surface area contributed by atoms with E-state index in [0.717, 1.165) is 38.8 Å². The molecule has 4 nitrogen and oxygen atoms in total. The van der Waals surface area contributed by atoms with E-state index in [2.05, 4.69) is 93.9 Å². The van der Waals surface area contributed by atoms with Gasteiger partial charge in [-0.1, -0.05) is 72.8 Å². The van der Waals surface area contributed by atoms with Crippen molar-refractivity contribution >= 4 is 71.2 Å². The second kappa shape index (κ2) is 6.37. The molecule has 0 aliphatic rings. The molecule has 0 fully saturated rings. The van der Waals surface area contributed by atoms with E-state index in [0.29, 0.717) is 0 Å². The van der Waals surface area contributed by atoms with Crippen LogP contribution < -0.4 is 0 Å². The van der Waals surface area contributed by atoms with Crippen molar-refractivity contribution < 1.29 is 0 Å². The highest BCUT2D eigenvalue weighted by atomic mass is 15.0. The molecule has 0 atom stereocenters. The van der Waals surface area contributed by atoms with Gasteiger partial charge in [-0.3, -0.25) is 4.40 Å². The summed E-state index contributed by atoms with van der Waals surface area (Å²) in [6, 6.07) is 38.6. The highest BCUT2D eigenvalue weighted by Crippen LogP contribution is 2.44. The molecule has 0 radical (unpaired) electrons. The molecule has 9 aromatic rings. The van der Waals surface area contributed by atoms with Crippen molar-refractivity contribution in [3.63, 3.8) is 0 Å². The summed E-state index contributed by atoms with van der Waals surface area (Å²) in [6.45, 7) is 0. The Bertz CT molecular complexity index is 2310. The van der Waals surface area contributed by atoms with E-state index in [1.165, 1.54) is 38.1 Å². The molecule has 0 saturated carbocycles. The van der Waals surface area contributed by atoms with Gasteiger partial charge >= 0.3 is 0 Å². The molecule has 0 bridgehead atoms. The summed E-state index contributed by atoms with van der Waals surface area (Å²) in [5, 5.41) is 6.16. The normalized spacial score (nSPS) is 12.4. The summed E-state index contributed by atoms with van der Waals surface area (Å²) in [5.74, 6) is 0. The second-order valence-corrected chi connectivity index (χ2v) is 9.47. The molecule has 0 unspecified atom stereocenters. The first-order valence-corrected chi connectivity index (χ1v) is 12.2. The van der Waals surface area contributed by atoms with Gasteiger partial charge in [0.15, 0.2) is 5.65 Å². The van der Waals surface area contributed by atoms with Crippen molar-refractivity contribution in [2.75, 3.05) is 0 Å². The van der Waals surface area contributed by atoms with Crippen LogP contribution in [0.2, 0.25) is 0 Å². The fourth-order valence-corrected chi connectivity index (χ4v) is 6.19. The van der Waals surface area contributed by atoms with E-state index in [-0.39, 0.29) is 0 Å². The molecule has 5 aromatic carbocycles. The quantitative estimate of drug-likeness (QED) is 0.251. The van der Waals surface area contributed by atoms with E-state index in [9.17, 15) is 0 Å². The largest absolute Gasteiger partial charge is 0.309 e. The van der Waals surface area contributed by atoms with Gasteiger partial charge in [-0.15, -0.1) is 0 Å². The Kier molecular flexibility index (Phi) is 3.25. The molecule has 0 saturated heterocycles. The van der Waals surface area contributed by atoms with Gasteiger partial charge in [0.05, 0.1) is 33.1 Å². The number of aromatic nitrogens is 4. The van der Waals surface area contributed by atoms with Crippen LogP contribution in [-0.2, 0) is 0 Å². The van der Waals surface area contributed by atoms with Crippen molar-refractivity contribution in [3.05, 3.63) is 109 Å². The maximum Gasteiger partial charge on any atom is 0.165 e. The second-order valence-electron chi connectivity index (χ2n) is 9.47. The first-order valence-electron chi connectivity index (χ1n) is 12.2. The Labute approximate surface area is 205 Å². The lowest BCUT2D eigenvalue weighted by Gasteiger charge is -2.09. The molecule has 4 heterocycles. The molecule has 0 N–H and O–H groups in total. The fourth-order valence-electron chi connectivity index (χ4n) is 6.19. The van der Waals surface area contributed by atoms with Gasteiger partial charge in [0.2, 0.25) is 0 Å². The number of benzene rings is 5. The lowest BCUT2D eigenvalue weighted by molar-refractivity contribution is 1.19. The molecule has 0 aliphatic carbocycles. The summed E-state index contributed by atoms with van der Waals surface area (Å²) in [7, 11) is 0. The Hall–Kier alpha value is -4.96. The standard InChI is InChI=1S/C32H18N4/c1-2-9-19(10-3-1)35-26-16-7-4-11-20(26)21-17-18-27-28(31(21)35)22-12-8-13-23-29-32(36(27)30(22)23)34-25-15-6-5-14-24(25)33-29/h1-18H. The molecule has 0 aliphatic heterocycles. The maximum absolute atomic E-state index is 5.11. The molecule has 36 heavy (non-hydrogen) atoms. The van der Waals surface area contributed by atoms with Gasteiger partial charge in [-0.05, 0) is 36.4 Å². The maximum atomic E-state index is 5.11. The third-order valence-corrected chi connectivity index (χ3v) is 7.62. The number of hydrogen-bond donors (Lipinski definition) is 0. The van der Waals surface area contributed by atoms with Crippen LogP contribution in [0.1, 0.15) is 0 Å². The summed E-state index contributed by atoms with van der Waals surface area (Å²) >= 11 is 0. The van der Waals surface area contributed by atoms with E-state index in [1.807, 2.05) is 24.3 Å². The minimum atomic E-state index is 0.914. The van der Waals surface area contributed by atoms with E-state index in [1.54, 1.807) is 0 Å². The summed E-state index contributed by atoms with van der Waals surface area (Å²) in [5.41, 5.74) is 9.68. The molecule has 9 rings (SSSR count). The number of para-hydroxylation sites is 5. The zero-order valence-corrected chi connectivity index (χ0v) is 19.2. The topological polar surface area (TPSA) is 35.1 Å². The zero-order chi connectivity index (χ0) is 23.4. The summed E-state index contributed by atoms with van der Waals surface area (Å²) in [6.07, 6.45) is 0. The van der Waals surface area contributed by atoms with E-state index < -0.39 is 0 Å². The molecule has 0 spiro atoms. The Morgan fingerprint density at radius 1 is 0.472 bits per heavy atom. The number of fused-ring (bicyclic) bond motifs is 11. The molecular formula is C32H18N4. The number of hydrogen-bond acceptors (Lipinski definition) is 2. The van der Waals surface area contributed by atoms with Crippen LogP contribution in [0.3, 0.4) is 0 Å². The van der Waals surface area contributed by atoms with Crippen LogP contribution in [0.15, 0.2) is 109 Å². The number of rotatable bonds is 1. The predicted molar refractivity (Wildman–Crippen MR) is 149 cm³/mol. The monoisotopic (exact) mass is 458 g/mol. The smallest absolute Gasteiger partial charge is 0.165 e. The minimum Gasteiger partial charge on any atom is -0.309 e. The molecule has 0 amide bonds. The van der Waals surface area contributed by atoms with Crippen LogP contribution in [0.5, 0.6) is 0 Å². The average molecular weight is 459 g/mol. The zero-order valence-electron chi connectivity index (χ0n) is 19.2. The van der Waals surface area contributed by atoms with Crippen molar-refractivity contribution in [1.82, 2.24) is 18.9 Å². The van der Waals surface area contributed by atoms with E-state index >= 15 is 0 Å². The average Bonchev–Trinajstić information content (AvgIpc) is 3.57. The Morgan fingerprint density at radius 3 is 2.08 bits per heavy atom. The van der Waals surface area contributed by atoms with Crippen molar-refractivity contribution in [1.29, 1.82) is 0 Å². The first kappa shape index (κ1) is 18.4. The Balaban J connectivity index is 1.59. The SMILES string of the molecule is c1ccc(-n2c3ccccc3c3ccc4c(c5cccc6c7nc8ccccc8nc7n4c65)c32)cc1. The third kappa shape index (κ3) is 2.11. The van der Waals surface area contributed by atoms with Gasteiger partial charge in [0.25, 0.3) is 0 Å². The van der Waals surface area contributed by atoms with Gasteiger partial charge in [0, 0.05) is 32.6 Å². The van der Waals surface area contributed by atoms with Gasteiger partial charge in [0.1, 0.15) is 5.52 Å². The van der Waals surface area contributed by atoms with Gasteiger partial charge < -0.3 is 4.57 Å². The van der Waals surface area contributed by atoms with Crippen LogP contribution >= 0.6 is 0 Å². The third-order valence-electron chi connectivity index (χ3n) is 7.62. The molecular weight excluding hydrogens is 440 g/mol. The molecule has 4 heteroatoms. The summed E-state index contributed by atoms with van der Waals surface area (Å²) < 4.78 is 4.74. The van der Waals surface area contributed by atoms with Crippen molar-refractivity contribution in [2.45, 2.75) is 0 Å². The van der Waals surface area contributed by atoms with Crippen molar-refractivity contribution in [3.8, 4) is 5.69 Å². The van der Waals surface area contributed by atoms with Gasteiger partial charge in [-0.2, -0.15) is 0 Å². The predicted octanol–water partition coefficient (Wildman–Crippen LogP) is 7.88. The molecule has 4 aromatic heterocycles. The fraction of sp³-hybridized carbons (Fsp3) is 0. The van der Waals surface area contributed by atoms with Gasteiger partial charge in [-0.25, -0.2) is 9.97 Å². The first-order chi connectivity index (χ1) is 17.9.